The standard InChI is InChI=1S/C10H18N2O/c1-9(2)13-8-10(6-11)4-5-12(3)7-10/h9H,4-5,7-8H2,1-3H3/t10-/m0/s1. The van der Waals surface area contributed by atoms with Crippen LogP contribution in [0.15, 0.2) is 0 Å². The third-order valence-corrected chi connectivity index (χ3v) is 2.47. The van der Waals surface area contributed by atoms with Gasteiger partial charge in [0, 0.05) is 6.54 Å². The fourth-order valence-electron chi connectivity index (χ4n) is 1.65. The summed E-state index contributed by atoms with van der Waals surface area (Å²) in [5.41, 5.74) is -0.251. The van der Waals surface area contributed by atoms with Crippen LogP contribution in [-0.2, 0) is 4.74 Å². The van der Waals surface area contributed by atoms with Crippen molar-refractivity contribution in [2.24, 2.45) is 5.41 Å². The molecule has 74 valence electrons. The average Bonchev–Trinajstić information content (AvgIpc) is 2.45. The van der Waals surface area contributed by atoms with Gasteiger partial charge in [0.2, 0.25) is 0 Å². The van der Waals surface area contributed by atoms with Gasteiger partial charge < -0.3 is 9.64 Å². The predicted octanol–water partition coefficient (Wildman–Crippen LogP) is 1.26. The van der Waals surface area contributed by atoms with Crippen LogP contribution in [-0.4, -0.2) is 37.7 Å². The van der Waals surface area contributed by atoms with E-state index in [9.17, 15) is 0 Å². The van der Waals surface area contributed by atoms with Gasteiger partial charge >= 0.3 is 0 Å². The van der Waals surface area contributed by atoms with E-state index in [4.69, 9.17) is 10.00 Å². The zero-order valence-corrected chi connectivity index (χ0v) is 8.71. The first-order valence-electron chi connectivity index (χ1n) is 4.79. The van der Waals surface area contributed by atoms with Crippen LogP contribution in [0.2, 0.25) is 0 Å². The number of likely N-dealkylation sites (tertiary alicyclic amines) is 1. The van der Waals surface area contributed by atoms with Crippen LogP contribution in [0.5, 0.6) is 0 Å². The Morgan fingerprint density at radius 3 is 2.69 bits per heavy atom. The third kappa shape index (κ3) is 2.68. The van der Waals surface area contributed by atoms with E-state index in [1.165, 1.54) is 0 Å². The van der Waals surface area contributed by atoms with E-state index in [-0.39, 0.29) is 11.5 Å². The van der Waals surface area contributed by atoms with Gasteiger partial charge in [-0.3, -0.25) is 0 Å². The van der Waals surface area contributed by atoms with Crippen molar-refractivity contribution in [2.75, 3.05) is 26.7 Å². The average molecular weight is 182 g/mol. The van der Waals surface area contributed by atoms with E-state index in [0.717, 1.165) is 19.5 Å². The maximum atomic E-state index is 9.09. The Hall–Kier alpha value is -0.590. The first-order chi connectivity index (χ1) is 6.08. The van der Waals surface area contributed by atoms with Crippen LogP contribution in [0.3, 0.4) is 0 Å². The molecule has 0 amide bonds. The first-order valence-corrected chi connectivity index (χ1v) is 4.79. The van der Waals surface area contributed by atoms with Crippen molar-refractivity contribution in [2.45, 2.75) is 26.4 Å². The number of nitrogens with zero attached hydrogens (tertiary/aromatic N) is 2. The summed E-state index contributed by atoms with van der Waals surface area (Å²) in [5, 5.41) is 9.09. The summed E-state index contributed by atoms with van der Waals surface area (Å²) in [6, 6.07) is 2.40. The fraction of sp³-hybridized carbons (Fsp3) is 0.900. The molecule has 3 nitrogen and oxygen atoms in total. The van der Waals surface area contributed by atoms with Gasteiger partial charge in [0.05, 0.1) is 24.2 Å². The Bertz CT molecular complexity index is 209. The van der Waals surface area contributed by atoms with Gasteiger partial charge in [-0.1, -0.05) is 0 Å². The van der Waals surface area contributed by atoms with Gasteiger partial charge in [-0.2, -0.15) is 5.26 Å². The van der Waals surface area contributed by atoms with Crippen LogP contribution in [0, 0.1) is 16.7 Å². The van der Waals surface area contributed by atoms with Crippen LogP contribution >= 0.6 is 0 Å². The summed E-state index contributed by atoms with van der Waals surface area (Å²) < 4.78 is 5.52. The Kier molecular flexibility index (Phi) is 3.29. The second-order valence-electron chi connectivity index (χ2n) is 4.24. The molecule has 3 heteroatoms. The van der Waals surface area contributed by atoms with Crippen molar-refractivity contribution < 1.29 is 4.74 Å². The summed E-state index contributed by atoms with van der Waals surface area (Å²) in [4.78, 5) is 2.19. The lowest BCUT2D eigenvalue weighted by atomic mass is 9.90. The van der Waals surface area contributed by atoms with Crippen LogP contribution in [0.4, 0.5) is 0 Å². The third-order valence-electron chi connectivity index (χ3n) is 2.47. The number of hydrogen-bond acceptors (Lipinski definition) is 3. The van der Waals surface area contributed by atoms with Crippen molar-refractivity contribution >= 4 is 0 Å². The topological polar surface area (TPSA) is 36.3 Å². The highest BCUT2D eigenvalue weighted by Crippen LogP contribution is 2.29. The van der Waals surface area contributed by atoms with Crippen molar-refractivity contribution in [3.63, 3.8) is 0 Å². The fourth-order valence-corrected chi connectivity index (χ4v) is 1.65. The van der Waals surface area contributed by atoms with Crippen molar-refractivity contribution in [1.29, 1.82) is 5.26 Å². The quantitative estimate of drug-likeness (QED) is 0.659. The number of hydrogen-bond donors (Lipinski definition) is 0. The summed E-state index contributed by atoms with van der Waals surface area (Å²) in [7, 11) is 2.05. The molecule has 1 atom stereocenters. The smallest absolute Gasteiger partial charge is 0.0945 e. The van der Waals surface area contributed by atoms with E-state index in [2.05, 4.69) is 18.0 Å². The Morgan fingerprint density at radius 1 is 1.62 bits per heavy atom. The predicted molar refractivity (Wildman–Crippen MR) is 51.2 cm³/mol. The number of ether oxygens (including phenoxy) is 1. The lowest BCUT2D eigenvalue weighted by Crippen LogP contribution is -2.29. The maximum absolute atomic E-state index is 9.09. The van der Waals surface area contributed by atoms with E-state index in [0.29, 0.717) is 6.61 Å². The van der Waals surface area contributed by atoms with E-state index >= 15 is 0 Å². The molecule has 0 spiro atoms. The minimum Gasteiger partial charge on any atom is -0.377 e. The maximum Gasteiger partial charge on any atom is 0.0945 e. The molecule has 0 bridgehead atoms. The van der Waals surface area contributed by atoms with E-state index in [1.807, 2.05) is 13.8 Å². The van der Waals surface area contributed by atoms with Crippen molar-refractivity contribution in [3.05, 3.63) is 0 Å². The first kappa shape index (κ1) is 10.5. The number of nitriles is 1. The van der Waals surface area contributed by atoms with E-state index < -0.39 is 0 Å². The van der Waals surface area contributed by atoms with Crippen LogP contribution < -0.4 is 0 Å². The molecule has 0 saturated carbocycles. The molecule has 1 aliphatic rings. The van der Waals surface area contributed by atoms with Gasteiger partial charge in [-0.15, -0.1) is 0 Å². The highest BCUT2D eigenvalue weighted by molar-refractivity contribution is 5.04. The molecule has 1 rings (SSSR count). The monoisotopic (exact) mass is 182 g/mol. The molecule has 0 aromatic carbocycles. The van der Waals surface area contributed by atoms with Gasteiger partial charge in [0.1, 0.15) is 0 Å². The second-order valence-corrected chi connectivity index (χ2v) is 4.24. The molecular weight excluding hydrogens is 164 g/mol. The van der Waals surface area contributed by atoms with E-state index in [1.54, 1.807) is 0 Å². The van der Waals surface area contributed by atoms with Crippen molar-refractivity contribution in [3.8, 4) is 6.07 Å². The molecule has 1 heterocycles. The summed E-state index contributed by atoms with van der Waals surface area (Å²) >= 11 is 0. The minimum absolute atomic E-state index is 0.219. The Morgan fingerprint density at radius 2 is 2.31 bits per heavy atom. The van der Waals surface area contributed by atoms with Gasteiger partial charge in [0.15, 0.2) is 0 Å². The SMILES string of the molecule is CC(C)OC[C@]1(C#N)CCN(C)C1. The van der Waals surface area contributed by atoms with Gasteiger partial charge in [-0.25, -0.2) is 0 Å². The molecule has 13 heavy (non-hydrogen) atoms. The normalized spacial score (nSPS) is 29.5. The molecule has 1 fully saturated rings. The molecule has 0 aromatic heterocycles. The zero-order chi connectivity index (χ0) is 9.90. The zero-order valence-electron chi connectivity index (χ0n) is 8.71. The summed E-state index contributed by atoms with van der Waals surface area (Å²) in [5.74, 6) is 0. The summed E-state index contributed by atoms with van der Waals surface area (Å²) in [6.45, 7) is 6.43. The molecule has 0 N–H and O–H groups in total. The lowest BCUT2D eigenvalue weighted by molar-refractivity contribution is 0.0324. The molecular formula is C10H18N2O. The summed E-state index contributed by atoms with van der Waals surface area (Å²) in [6.07, 6.45) is 1.16. The molecule has 0 unspecified atom stereocenters. The van der Waals surface area contributed by atoms with Crippen molar-refractivity contribution in [1.82, 2.24) is 4.90 Å². The van der Waals surface area contributed by atoms with Gasteiger partial charge in [0.25, 0.3) is 0 Å². The molecule has 0 radical (unpaired) electrons. The number of rotatable bonds is 3. The highest BCUT2D eigenvalue weighted by Gasteiger charge is 2.37. The highest BCUT2D eigenvalue weighted by atomic mass is 16.5. The van der Waals surface area contributed by atoms with Crippen LogP contribution in [0.25, 0.3) is 0 Å². The second kappa shape index (κ2) is 4.08. The molecule has 1 aliphatic heterocycles. The molecule has 0 aromatic rings. The van der Waals surface area contributed by atoms with Crippen LogP contribution in [0.1, 0.15) is 20.3 Å². The molecule has 0 aliphatic carbocycles. The lowest BCUT2D eigenvalue weighted by Gasteiger charge is -2.21. The minimum atomic E-state index is -0.251. The van der Waals surface area contributed by atoms with Gasteiger partial charge in [-0.05, 0) is 33.9 Å². The largest absolute Gasteiger partial charge is 0.377 e. The Labute approximate surface area is 80.3 Å². The Balaban J connectivity index is 2.47. The molecule has 1 saturated heterocycles.